The van der Waals surface area contributed by atoms with Gasteiger partial charge in [-0.25, -0.2) is 4.99 Å². The number of rotatable bonds is 8. The first kappa shape index (κ1) is 25.1. The summed E-state index contributed by atoms with van der Waals surface area (Å²) < 4.78 is 1.93. The second-order valence-electron chi connectivity index (χ2n) is 9.97. The standard InChI is InChI=1S/C29H38N8/c1-6-24-27(29-32-31-28(37(29)33-24)21(3)35-18-12-9-13-19-35)30-25-17-16-23(20-26(25)34(4)5)36(7-2)22-14-10-8-11-15-22/h8,10-11,14-17,20-21H,6-7,9,12-13,18-19H2,1-5H3. The summed E-state index contributed by atoms with van der Waals surface area (Å²) in [7, 11) is 4.12. The number of fused-ring (bicyclic) bond motifs is 1. The molecule has 0 N–H and O–H groups in total. The second-order valence-corrected chi connectivity index (χ2v) is 9.97. The maximum atomic E-state index is 5.15. The van der Waals surface area contributed by atoms with E-state index in [0.29, 0.717) is 0 Å². The smallest absolute Gasteiger partial charge is 0.205 e. The van der Waals surface area contributed by atoms with Gasteiger partial charge in [0.1, 0.15) is 5.71 Å². The molecule has 8 heteroatoms. The number of para-hydroxylation sites is 1. The number of likely N-dealkylation sites (tertiary alicyclic amines) is 1. The Labute approximate surface area is 220 Å². The first-order valence-electron chi connectivity index (χ1n) is 13.5. The summed E-state index contributed by atoms with van der Waals surface area (Å²) in [5.74, 6) is 1.64. The van der Waals surface area contributed by atoms with Crippen molar-refractivity contribution in [1.29, 1.82) is 0 Å². The lowest BCUT2D eigenvalue weighted by molar-refractivity contribution is 0.166. The van der Waals surface area contributed by atoms with E-state index >= 15 is 0 Å². The maximum Gasteiger partial charge on any atom is 0.205 e. The average molecular weight is 499 g/mol. The number of anilines is 3. The molecule has 0 radical (unpaired) electrons. The zero-order valence-electron chi connectivity index (χ0n) is 22.7. The van der Waals surface area contributed by atoms with Gasteiger partial charge in [0.05, 0.1) is 23.1 Å². The molecule has 0 bridgehead atoms. The average Bonchev–Trinajstić information content (AvgIpc) is 3.50. The lowest BCUT2D eigenvalue weighted by Gasteiger charge is -2.31. The largest absolute Gasteiger partial charge is 0.376 e. The van der Waals surface area contributed by atoms with Crippen LogP contribution in [-0.4, -0.2) is 64.9 Å². The molecule has 37 heavy (non-hydrogen) atoms. The third-order valence-electron chi connectivity index (χ3n) is 7.39. The molecule has 1 atom stereocenters. The number of benzene rings is 2. The summed E-state index contributed by atoms with van der Waals surface area (Å²) in [6.07, 6.45) is 4.58. The quantitative estimate of drug-likeness (QED) is 0.393. The summed E-state index contributed by atoms with van der Waals surface area (Å²) >= 11 is 0. The van der Waals surface area contributed by atoms with Gasteiger partial charge >= 0.3 is 0 Å². The third-order valence-corrected chi connectivity index (χ3v) is 7.39. The van der Waals surface area contributed by atoms with Crippen LogP contribution in [-0.2, 0) is 0 Å². The van der Waals surface area contributed by atoms with Crippen molar-refractivity contribution < 1.29 is 0 Å². The fraction of sp³-hybridized carbons (Fsp3) is 0.448. The van der Waals surface area contributed by atoms with E-state index in [0.717, 1.165) is 66.2 Å². The fourth-order valence-electron chi connectivity index (χ4n) is 5.29. The van der Waals surface area contributed by atoms with E-state index in [9.17, 15) is 0 Å². The van der Waals surface area contributed by atoms with Crippen molar-refractivity contribution in [2.45, 2.75) is 52.5 Å². The Morgan fingerprint density at radius 1 is 0.946 bits per heavy atom. The molecule has 2 aliphatic rings. The van der Waals surface area contributed by atoms with Gasteiger partial charge in [0.15, 0.2) is 5.82 Å². The molecule has 1 saturated heterocycles. The van der Waals surface area contributed by atoms with Gasteiger partial charge in [-0.2, -0.15) is 9.78 Å². The molecule has 0 amide bonds. The summed E-state index contributed by atoms with van der Waals surface area (Å²) in [4.78, 5) is 12.1. The molecule has 3 aromatic rings. The molecule has 0 spiro atoms. The normalized spacial score (nSPS) is 17.5. The van der Waals surface area contributed by atoms with Gasteiger partial charge in [0.25, 0.3) is 0 Å². The van der Waals surface area contributed by atoms with Crippen molar-refractivity contribution >= 4 is 34.2 Å². The Morgan fingerprint density at radius 2 is 1.70 bits per heavy atom. The van der Waals surface area contributed by atoms with Crippen molar-refractivity contribution in [2.75, 3.05) is 43.5 Å². The van der Waals surface area contributed by atoms with Crippen LogP contribution in [0.1, 0.15) is 64.1 Å². The van der Waals surface area contributed by atoms with Crippen LogP contribution in [0.15, 0.2) is 58.6 Å². The molecular formula is C29H38N8. The Morgan fingerprint density at radius 3 is 2.38 bits per heavy atom. The van der Waals surface area contributed by atoms with E-state index in [1.54, 1.807) is 0 Å². The topological polar surface area (TPSA) is 65.2 Å². The Kier molecular flexibility index (Phi) is 7.37. The number of piperidine rings is 1. The molecule has 8 nitrogen and oxygen atoms in total. The van der Waals surface area contributed by atoms with Crippen LogP contribution in [0.5, 0.6) is 0 Å². The molecule has 194 valence electrons. The minimum atomic E-state index is 0.178. The van der Waals surface area contributed by atoms with Crippen molar-refractivity contribution in [3.63, 3.8) is 0 Å². The number of aliphatic imine (C=N–C) groups is 1. The van der Waals surface area contributed by atoms with Crippen molar-refractivity contribution in [1.82, 2.24) is 19.8 Å². The molecule has 1 aromatic heterocycles. The van der Waals surface area contributed by atoms with E-state index in [1.165, 1.54) is 24.9 Å². The lowest BCUT2D eigenvalue weighted by Crippen LogP contribution is -2.33. The van der Waals surface area contributed by atoms with Crippen LogP contribution in [0.3, 0.4) is 0 Å². The molecule has 5 rings (SSSR count). The van der Waals surface area contributed by atoms with Gasteiger partial charge in [-0.05, 0) is 76.5 Å². The van der Waals surface area contributed by atoms with Gasteiger partial charge in [-0.15, -0.1) is 10.2 Å². The molecule has 2 aromatic carbocycles. The second kappa shape index (κ2) is 10.8. The Bertz CT molecular complexity index is 1280. The highest BCUT2D eigenvalue weighted by Crippen LogP contribution is 2.36. The predicted molar refractivity (Wildman–Crippen MR) is 153 cm³/mol. The van der Waals surface area contributed by atoms with Crippen LogP contribution in [0.25, 0.3) is 0 Å². The van der Waals surface area contributed by atoms with Crippen LogP contribution >= 0.6 is 0 Å². The summed E-state index contributed by atoms with van der Waals surface area (Å²) in [6.45, 7) is 9.59. The molecular weight excluding hydrogens is 460 g/mol. The van der Waals surface area contributed by atoms with Gasteiger partial charge in [0, 0.05) is 32.0 Å². The number of aromatic nitrogens is 3. The number of hydrogen-bond acceptors (Lipinski definition) is 7. The summed E-state index contributed by atoms with van der Waals surface area (Å²) in [5, 5.41) is 14.1. The molecule has 2 aliphatic heterocycles. The van der Waals surface area contributed by atoms with E-state index < -0.39 is 0 Å². The van der Waals surface area contributed by atoms with E-state index in [4.69, 9.17) is 10.1 Å². The van der Waals surface area contributed by atoms with Crippen molar-refractivity contribution in [3.05, 3.63) is 60.2 Å². The molecule has 1 unspecified atom stereocenters. The first-order chi connectivity index (χ1) is 18.0. The van der Waals surface area contributed by atoms with Gasteiger partial charge in [0.2, 0.25) is 5.82 Å². The minimum absolute atomic E-state index is 0.178. The van der Waals surface area contributed by atoms with E-state index in [-0.39, 0.29) is 6.04 Å². The van der Waals surface area contributed by atoms with Crippen LogP contribution < -0.4 is 9.80 Å². The highest BCUT2D eigenvalue weighted by atomic mass is 15.5. The first-order valence-corrected chi connectivity index (χ1v) is 13.5. The SMILES string of the molecule is CCC1=Nn2c(nnc2C(C)N2CCCCC2)C1=Nc1ccc(N(CC)c2ccccc2)cc1N(C)C. The monoisotopic (exact) mass is 498 g/mol. The van der Waals surface area contributed by atoms with Crippen molar-refractivity contribution in [2.24, 2.45) is 10.1 Å². The Hall–Kier alpha value is -3.52. The molecule has 3 heterocycles. The van der Waals surface area contributed by atoms with E-state index in [2.05, 4.69) is 102 Å². The van der Waals surface area contributed by atoms with Crippen LogP contribution in [0.2, 0.25) is 0 Å². The molecule has 0 saturated carbocycles. The van der Waals surface area contributed by atoms with Gasteiger partial charge in [-0.1, -0.05) is 31.5 Å². The third kappa shape index (κ3) is 4.90. The molecule has 0 aliphatic carbocycles. The molecule has 1 fully saturated rings. The zero-order valence-corrected chi connectivity index (χ0v) is 22.7. The summed E-state index contributed by atoms with van der Waals surface area (Å²) in [6, 6.07) is 17.1. The van der Waals surface area contributed by atoms with Gasteiger partial charge < -0.3 is 9.80 Å². The van der Waals surface area contributed by atoms with Crippen LogP contribution in [0.4, 0.5) is 22.7 Å². The van der Waals surface area contributed by atoms with Crippen LogP contribution in [0, 0.1) is 0 Å². The minimum Gasteiger partial charge on any atom is -0.376 e. The van der Waals surface area contributed by atoms with Gasteiger partial charge in [-0.3, -0.25) is 4.90 Å². The maximum absolute atomic E-state index is 5.15. The van der Waals surface area contributed by atoms with Crippen molar-refractivity contribution in [3.8, 4) is 0 Å². The summed E-state index contributed by atoms with van der Waals surface area (Å²) in [5.41, 5.74) is 6.03. The zero-order chi connectivity index (χ0) is 25.9. The predicted octanol–water partition coefficient (Wildman–Crippen LogP) is 5.80. The Balaban J connectivity index is 1.51. The lowest BCUT2D eigenvalue weighted by atomic mass is 10.1. The van der Waals surface area contributed by atoms with E-state index in [1.807, 2.05) is 10.7 Å². The number of hydrogen-bond donors (Lipinski definition) is 0. The fourth-order valence-corrected chi connectivity index (χ4v) is 5.29. The number of nitrogens with zero attached hydrogens (tertiary/aromatic N) is 8. The highest BCUT2D eigenvalue weighted by molar-refractivity contribution is 6.49. The highest BCUT2D eigenvalue weighted by Gasteiger charge is 2.31.